The van der Waals surface area contributed by atoms with E-state index in [0.717, 1.165) is 0 Å². The predicted molar refractivity (Wildman–Crippen MR) is 58.2 cm³/mol. The third-order valence-corrected chi connectivity index (χ3v) is 2.44. The van der Waals surface area contributed by atoms with E-state index < -0.39 is 24.8 Å². The van der Waals surface area contributed by atoms with Crippen LogP contribution in [0.4, 0.5) is 18.9 Å². The lowest BCUT2D eigenvalue weighted by Gasteiger charge is -2.07. The number of benzene rings is 1. The van der Waals surface area contributed by atoms with Crippen LogP contribution in [0.5, 0.6) is 0 Å². The predicted octanol–water partition coefficient (Wildman–Crippen LogP) is 3.56. The number of ketones is 1. The largest absolute Gasteiger partial charge is 0.398 e. The fourth-order valence-corrected chi connectivity index (χ4v) is 1.56. The second kappa shape index (κ2) is 4.86. The minimum Gasteiger partial charge on any atom is -0.398 e. The standard InChI is InChI=1S/C10H9BrF3NO/c11-6-1-2-7(8(15)5-6)9(16)3-4-10(12,13)14/h1-2,5H,3-4,15H2. The van der Waals surface area contributed by atoms with Crippen molar-refractivity contribution in [3.8, 4) is 0 Å². The number of rotatable bonds is 3. The fraction of sp³-hybridized carbons (Fsp3) is 0.300. The average Bonchev–Trinajstić information content (AvgIpc) is 2.13. The fourth-order valence-electron chi connectivity index (χ4n) is 1.18. The van der Waals surface area contributed by atoms with Crippen LogP contribution < -0.4 is 5.73 Å². The summed E-state index contributed by atoms with van der Waals surface area (Å²) in [5.74, 6) is -0.595. The molecule has 0 aliphatic rings. The molecular formula is C10H9BrF3NO. The van der Waals surface area contributed by atoms with Gasteiger partial charge in [-0.05, 0) is 18.2 Å². The topological polar surface area (TPSA) is 43.1 Å². The second-order valence-electron chi connectivity index (χ2n) is 3.27. The van der Waals surface area contributed by atoms with Crippen molar-refractivity contribution < 1.29 is 18.0 Å². The number of carbonyl (C=O) groups excluding carboxylic acids is 1. The molecule has 0 aromatic heterocycles. The number of carbonyl (C=O) groups is 1. The summed E-state index contributed by atoms with van der Waals surface area (Å²) in [7, 11) is 0. The summed E-state index contributed by atoms with van der Waals surface area (Å²) in [4.78, 5) is 11.4. The van der Waals surface area contributed by atoms with Crippen LogP contribution in [0, 0.1) is 0 Å². The minimum absolute atomic E-state index is 0.132. The number of hydrogen-bond acceptors (Lipinski definition) is 2. The molecule has 0 saturated carbocycles. The summed E-state index contributed by atoms with van der Waals surface area (Å²) in [6, 6.07) is 4.47. The first-order chi connectivity index (χ1) is 7.29. The van der Waals surface area contributed by atoms with Gasteiger partial charge in [0.25, 0.3) is 0 Å². The first-order valence-electron chi connectivity index (χ1n) is 4.44. The van der Waals surface area contributed by atoms with Crippen LogP contribution in [0.2, 0.25) is 0 Å². The van der Waals surface area contributed by atoms with Gasteiger partial charge < -0.3 is 5.73 Å². The molecule has 0 aliphatic heterocycles. The highest BCUT2D eigenvalue weighted by Gasteiger charge is 2.28. The zero-order valence-corrected chi connectivity index (χ0v) is 9.73. The molecule has 16 heavy (non-hydrogen) atoms. The summed E-state index contributed by atoms with van der Waals surface area (Å²) in [6.07, 6.45) is -6.02. The van der Waals surface area contributed by atoms with Crippen LogP contribution in [0.1, 0.15) is 23.2 Å². The van der Waals surface area contributed by atoms with Crippen molar-refractivity contribution in [2.24, 2.45) is 0 Å². The molecule has 0 saturated heterocycles. The maximum absolute atomic E-state index is 11.9. The van der Waals surface area contributed by atoms with E-state index in [1.807, 2.05) is 0 Å². The lowest BCUT2D eigenvalue weighted by molar-refractivity contribution is -0.133. The third-order valence-electron chi connectivity index (χ3n) is 1.95. The zero-order valence-electron chi connectivity index (χ0n) is 8.14. The first-order valence-corrected chi connectivity index (χ1v) is 5.24. The monoisotopic (exact) mass is 295 g/mol. The van der Waals surface area contributed by atoms with Crippen LogP contribution in [0.3, 0.4) is 0 Å². The molecule has 0 spiro atoms. The Morgan fingerprint density at radius 2 is 2.00 bits per heavy atom. The Labute approximate surface area is 98.8 Å². The van der Waals surface area contributed by atoms with Gasteiger partial charge in [0.1, 0.15) is 0 Å². The molecular weight excluding hydrogens is 287 g/mol. The molecule has 0 unspecified atom stereocenters. The maximum atomic E-state index is 11.9. The summed E-state index contributed by atoms with van der Waals surface area (Å²) >= 11 is 3.14. The van der Waals surface area contributed by atoms with Gasteiger partial charge in [-0.2, -0.15) is 13.2 Å². The molecule has 1 rings (SSSR count). The van der Waals surface area contributed by atoms with Crippen molar-refractivity contribution in [2.45, 2.75) is 19.0 Å². The lowest BCUT2D eigenvalue weighted by Crippen LogP contribution is -2.12. The van der Waals surface area contributed by atoms with E-state index in [9.17, 15) is 18.0 Å². The quantitative estimate of drug-likeness (QED) is 0.684. The number of alkyl halides is 3. The number of halogens is 4. The third kappa shape index (κ3) is 3.84. The average molecular weight is 296 g/mol. The van der Waals surface area contributed by atoms with Gasteiger partial charge in [-0.1, -0.05) is 15.9 Å². The number of hydrogen-bond donors (Lipinski definition) is 1. The summed E-state index contributed by atoms with van der Waals surface area (Å²) < 4.78 is 36.4. The van der Waals surface area contributed by atoms with Crippen molar-refractivity contribution in [3.05, 3.63) is 28.2 Å². The van der Waals surface area contributed by atoms with Gasteiger partial charge >= 0.3 is 6.18 Å². The van der Waals surface area contributed by atoms with E-state index in [-0.39, 0.29) is 11.3 Å². The summed E-state index contributed by atoms with van der Waals surface area (Å²) in [5, 5.41) is 0. The van der Waals surface area contributed by atoms with Crippen LogP contribution in [-0.2, 0) is 0 Å². The lowest BCUT2D eigenvalue weighted by atomic mass is 10.0. The van der Waals surface area contributed by atoms with Crippen molar-refractivity contribution in [1.82, 2.24) is 0 Å². The van der Waals surface area contributed by atoms with Crippen molar-refractivity contribution >= 4 is 27.4 Å². The highest BCUT2D eigenvalue weighted by atomic mass is 79.9. The summed E-state index contributed by atoms with van der Waals surface area (Å²) in [6.45, 7) is 0. The molecule has 2 nitrogen and oxygen atoms in total. The molecule has 0 aliphatic carbocycles. The molecule has 0 radical (unpaired) electrons. The number of Topliss-reactive ketones (excluding diaryl/α,β-unsaturated/α-hetero) is 1. The molecule has 0 fully saturated rings. The summed E-state index contributed by atoms with van der Waals surface area (Å²) in [5.41, 5.74) is 5.84. The van der Waals surface area contributed by atoms with Crippen LogP contribution in [-0.4, -0.2) is 12.0 Å². The first kappa shape index (κ1) is 13.0. The molecule has 0 amide bonds. The number of nitrogens with two attached hydrogens (primary N) is 1. The van der Waals surface area contributed by atoms with Crippen LogP contribution in [0.15, 0.2) is 22.7 Å². The molecule has 0 heterocycles. The molecule has 6 heteroatoms. The van der Waals surface area contributed by atoms with Crippen LogP contribution >= 0.6 is 15.9 Å². The van der Waals surface area contributed by atoms with E-state index in [1.54, 1.807) is 6.07 Å². The smallest absolute Gasteiger partial charge is 0.389 e. The van der Waals surface area contributed by atoms with Gasteiger partial charge in [-0.15, -0.1) is 0 Å². The van der Waals surface area contributed by atoms with Gasteiger partial charge in [-0.3, -0.25) is 4.79 Å². The van der Waals surface area contributed by atoms with Crippen molar-refractivity contribution in [1.29, 1.82) is 0 Å². The Bertz CT molecular complexity index is 404. The highest BCUT2D eigenvalue weighted by molar-refractivity contribution is 9.10. The molecule has 88 valence electrons. The van der Waals surface area contributed by atoms with E-state index in [1.165, 1.54) is 12.1 Å². The normalized spacial score (nSPS) is 11.5. The minimum atomic E-state index is -4.32. The molecule has 0 atom stereocenters. The zero-order chi connectivity index (χ0) is 12.3. The number of nitrogen functional groups attached to an aromatic ring is 1. The molecule has 2 N–H and O–H groups in total. The van der Waals surface area contributed by atoms with Gasteiger partial charge in [0.05, 0.1) is 6.42 Å². The second-order valence-corrected chi connectivity index (χ2v) is 4.19. The van der Waals surface area contributed by atoms with Gasteiger partial charge in [0.15, 0.2) is 5.78 Å². The SMILES string of the molecule is Nc1cc(Br)ccc1C(=O)CCC(F)(F)F. The Kier molecular flexibility index (Phi) is 3.96. The van der Waals surface area contributed by atoms with Crippen LogP contribution in [0.25, 0.3) is 0 Å². The Balaban J connectivity index is 2.74. The highest BCUT2D eigenvalue weighted by Crippen LogP contribution is 2.25. The number of anilines is 1. The molecule has 1 aromatic carbocycles. The Hall–Kier alpha value is -1.04. The van der Waals surface area contributed by atoms with E-state index >= 15 is 0 Å². The van der Waals surface area contributed by atoms with E-state index in [2.05, 4.69) is 15.9 Å². The Morgan fingerprint density at radius 1 is 1.38 bits per heavy atom. The van der Waals surface area contributed by atoms with Crippen molar-refractivity contribution in [3.63, 3.8) is 0 Å². The molecule has 0 bridgehead atoms. The maximum Gasteiger partial charge on any atom is 0.389 e. The van der Waals surface area contributed by atoms with Crippen molar-refractivity contribution in [2.75, 3.05) is 5.73 Å². The van der Waals surface area contributed by atoms with E-state index in [4.69, 9.17) is 5.73 Å². The van der Waals surface area contributed by atoms with E-state index in [0.29, 0.717) is 4.47 Å². The molecule has 1 aromatic rings. The van der Waals surface area contributed by atoms with Gasteiger partial charge in [-0.25, -0.2) is 0 Å². The van der Waals surface area contributed by atoms with Gasteiger partial charge in [0, 0.05) is 22.1 Å². The van der Waals surface area contributed by atoms with Gasteiger partial charge in [0.2, 0.25) is 0 Å². The Morgan fingerprint density at radius 3 is 2.50 bits per heavy atom.